The van der Waals surface area contributed by atoms with Crippen molar-refractivity contribution in [3.05, 3.63) is 35.4 Å². The molecule has 1 fully saturated rings. The van der Waals surface area contributed by atoms with Crippen LogP contribution in [0.3, 0.4) is 0 Å². The van der Waals surface area contributed by atoms with E-state index in [2.05, 4.69) is 57.0 Å². The van der Waals surface area contributed by atoms with Gasteiger partial charge in [0.1, 0.15) is 0 Å². The van der Waals surface area contributed by atoms with Gasteiger partial charge in [0.05, 0.1) is 0 Å². The molecule has 0 aromatic heterocycles. The first-order valence-electron chi connectivity index (χ1n) is 7.46. The third-order valence-corrected chi connectivity index (χ3v) is 4.53. The molecule has 1 aliphatic rings. The summed E-state index contributed by atoms with van der Waals surface area (Å²) in [4.78, 5) is 2.47. The molecule has 0 bridgehead atoms. The van der Waals surface area contributed by atoms with Gasteiger partial charge < -0.3 is 5.73 Å². The molecule has 2 heteroatoms. The molecule has 1 saturated carbocycles. The number of hydrogen-bond acceptors (Lipinski definition) is 2. The Morgan fingerprint density at radius 2 is 1.79 bits per heavy atom. The van der Waals surface area contributed by atoms with Crippen molar-refractivity contribution in [1.82, 2.24) is 4.90 Å². The van der Waals surface area contributed by atoms with Crippen molar-refractivity contribution < 1.29 is 0 Å². The maximum atomic E-state index is 6.00. The van der Waals surface area contributed by atoms with E-state index in [-0.39, 0.29) is 5.41 Å². The molecule has 2 rings (SSSR count). The predicted molar refractivity (Wildman–Crippen MR) is 82.3 cm³/mol. The van der Waals surface area contributed by atoms with E-state index < -0.39 is 0 Å². The van der Waals surface area contributed by atoms with Gasteiger partial charge in [-0.3, -0.25) is 4.90 Å². The summed E-state index contributed by atoms with van der Waals surface area (Å²) in [5, 5.41) is 0. The molecule has 0 spiro atoms. The average Bonchev–Trinajstić information content (AvgIpc) is 2.27. The second kappa shape index (κ2) is 5.64. The maximum Gasteiger partial charge on any atom is 0.0470 e. The Bertz CT molecular complexity index is 398. The van der Waals surface area contributed by atoms with E-state index >= 15 is 0 Å². The minimum absolute atomic E-state index is 0.219. The number of nitrogens with zero attached hydrogens (tertiary/aromatic N) is 1. The lowest BCUT2D eigenvalue weighted by Gasteiger charge is -2.40. The van der Waals surface area contributed by atoms with E-state index in [1.54, 1.807) is 0 Å². The van der Waals surface area contributed by atoms with E-state index in [0.29, 0.717) is 12.6 Å². The molecule has 2 nitrogen and oxygen atoms in total. The molecule has 1 aliphatic carbocycles. The largest absolute Gasteiger partial charge is 0.329 e. The summed E-state index contributed by atoms with van der Waals surface area (Å²) in [6.45, 7) is 7.45. The normalized spacial score (nSPS) is 18.4. The number of benzene rings is 1. The Morgan fingerprint density at radius 3 is 2.16 bits per heavy atom. The van der Waals surface area contributed by atoms with E-state index in [9.17, 15) is 0 Å². The summed E-state index contributed by atoms with van der Waals surface area (Å²) in [5.74, 6) is 0. The minimum Gasteiger partial charge on any atom is -0.329 e. The third-order valence-electron chi connectivity index (χ3n) is 4.53. The fourth-order valence-corrected chi connectivity index (χ4v) is 2.79. The van der Waals surface area contributed by atoms with Gasteiger partial charge in [0, 0.05) is 18.6 Å². The monoisotopic (exact) mass is 260 g/mol. The van der Waals surface area contributed by atoms with Crippen molar-refractivity contribution >= 4 is 0 Å². The van der Waals surface area contributed by atoms with Crippen LogP contribution in [-0.4, -0.2) is 24.5 Å². The molecule has 1 atom stereocenters. The van der Waals surface area contributed by atoms with Gasteiger partial charge in [-0.25, -0.2) is 0 Å². The van der Waals surface area contributed by atoms with Crippen molar-refractivity contribution in [2.45, 2.75) is 57.5 Å². The van der Waals surface area contributed by atoms with Crippen molar-refractivity contribution in [2.24, 2.45) is 5.73 Å². The lowest BCUT2D eigenvalue weighted by atomic mass is 9.85. The minimum atomic E-state index is 0.219. The molecule has 1 aromatic carbocycles. The van der Waals surface area contributed by atoms with Crippen LogP contribution in [0.5, 0.6) is 0 Å². The van der Waals surface area contributed by atoms with Crippen molar-refractivity contribution in [3.8, 4) is 0 Å². The second-order valence-corrected chi connectivity index (χ2v) is 6.87. The molecule has 0 amide bonds. The topological polar surface area (TPSA) is 29.3 Å². The van der Waals surface area contributed by atoms with E-state index in [1.807, 2.05) is 0 Å². The lowest BCUT2D eigenvalue weighted by Crippen LogP contribution is -2.42. The maximum absolute atomic E-state index is 6.00. The molecule has 0 aliphatic heterocycles. The Hall–Kier alpha value is -0.860. The highest BCUT2D eigenvalue weighted by molar-refractivity contribution is 5.29. The summed E-state index contributed by atoms with van der Waals surface area (Å²) in [5.41, 5.74) is 8.96. The third kappa shape index (κ3) is 3.18. The van der Waals surface area contributed by atoms with Gasteiger partial charge in [-0.2, -0.15) is 0 Å². The second-order valence-electron chi connectivity index (χ2n) is 6.87. The highest BCUT2D eigenvalue weighted by Crippen LogP contribution is 2.31. The highest BCUT2D eigenvalue weighted by Gasteiger charge is 2.27. The molecule has 19 heavy (non-hydrogen) atoms. The Morgan fingerprint density at radius 1 is 1.21 bits per heavy atom. The Labute approximate surface area is 118 Å². The van der Waals surface area contributed by atoms with Gasteiger partial charge in [-0.15, -0.1) is 0 Å². The van der Waals surface area contributed by atoms with Crippen LogP contribution >= 0.6 is 0 Å². The predicted octanol–water partition coefficient (Wildman–Crippen LogP) is 3.47. The molecule has 1 aromatic rings. The first-order chi connectivity index (χ1) is 8.93. The van der Waals surface area contributed by atoms with Crippen LogP contribution in [-0.2, 0) is 5.41 Å². The molecule has 106 valence electrons. The molecule has 2 N–H and O–H groups in total. The smallest absolute Gasteiger partial charge is 0.0470 e. The molecule has 1 unspecified atom stereocenters. The number of rotatable bonds is 4. The van der Waals surface area contributed by atoms with Gasteiger partial charge in [0.15, 0.2) is 0 Å². The van der Waals surface area contributed by atoms with Crippen LogP contribution in [0, 0.1) is 0 Å². The Balaban J connectivity index is 2.14. The first kappa shape index (κ1) is 14.5. The average molecular weight is 260 g/mol. The van der Waals surface area contributed by atoms with Gasteiger partial charge >= 0.3 is 0 Å². The van der Waals surface area contributed by atoms with E-state index in [4.69, 9.17) is 5.73 Å². The van der Waals surface area contributed by atoms with Crippen molar-refractivity contribution in [3.63, 3.8) is 0 Å². The van der Waals surface area contributed by atoms with E-state index in [0.717, 1.165) is 6.04 Å². The standard InChI is InChI=1S/C17H28N2/c1-17(2,3)14-10-8-13(9-11-14)16(12-18)19(4)15-6-5-7-15/h8-11,15-16H,5-7,12,18H2,1-4H3. The van der Waals surface area contributed by atoms with Crippen LogP contribution in [0.4, 0.5) is 0 Å². The van der Waals surface area contributed by atoms with E-state index in [1.165, 1.54) is 30.4 Å². The van der Waals surface area contributed by atoms with Crippen molar-refractivity contribution in [1.29, 1.82) is 0 Å². The highest BCUT2D eigenvalue weighted by atomic mass is 15.2. The van der Waals surface area contributed by atoms with Crippen LogP contribution in [0.2, 0.25) is 0 Å². The number of hydrogen-bond donors (Lipinski definition) is 1. The van der Waals surface area contributed by atoms with Crippen LogP contribution in [0.1, 0.15) is 57.2 Å². The number of likely N-dealkylation sites (N-methyl/N-ethyl adjacent to an activating group) is 1. The summed E-state index contributed by atoms with van der Waals surface area (Å²) in [6.07, 6.45) is 4.02. The van der Waals surface area contributed by atoms with Crippen LogP contribution < -0.4 is 5.73 Å². The number of nitrogens with two attached hydrogens (primary N) is 1. The quantitative estimate of drug-likeness (QED) is 0.898. The zero-order valence-electron chi connectivity index (χ0n) is 12.8. The molecule has 0 radical (unpaired) electrons. The molecule has 0 saturated heterocycles. The van der Waals surface area contributed by atoms with Gasteiger partial charge in [0.25, 0.3) is 0 Å². The van der Waals surface area contributed by atoms with Gasteiger partial charge in [-0.1, -0.05) is 51.5 Å². The summed E-state index contributed by atoms with van der Waals surface area (Å²) in [6, 6.07) is 10.1. The molecular weight excluding hydrogens is 232 g/mol. The van der Waals surface area contributed by atoms with Crippen LogP contribution in [0.15, 0.2) is 24.3 Å². The zero-order chi connectivity index (χ0) is 14.0. The lowest BCUT2D eigenvalue weighted by molar-refractivity contribution is 0.113. The summed E-state index contributed by atoms with van der Waals surface area (Å²) in [7, 11) is 2.22. The fourth-order valence-electron chi connectivity index (χ4n) is 2.79. The van der Waals surface area contributed by atoms with Gasteiger partial charge in [-0.05, 0) is 36.4 Å². The Kier molecular flexibility index (Phi) is 4.32. The zero-order valence-corrected chi connectivity index (χ0v) is 12.8. The first-order valence-corrected chi connectivity index (χ1v) is 7.46. The summed E-state index contributed by atoms with van der Waals surface area (Å²) < 4.78 is 0. The van der Waals surface area contributed by atoms with Crippen molar-refractivity contribution in [2.75, 3.05) is 13.6 Å². The summed E-state index contributed by atoms with van der Waals surface area (Å²) >= 11 is 0. The molecular formula is C17H28N2. The van der Waals surface area contributed by atoms with Crippen LogP contribution in [0.25, 0.3) is 0 Å². The van der Waals surface area contributed by atoms with Gasteiger partial charge in [0.2, 0.25) is 0 Å². The SMILES string of the molecule is CN(C1CCC1)C(CN)c1ccc(C(C)(C)C)cc1. The fraction of sp³-hybridized carbons (Fsp3) is 0.647. The molecule has 0 heterocycles.